The summed E-state index contributed by atoms with van der Waals surface area (Å²) in [5.41, 5.74) is 2.98. The fourth-order valence-electron chi connectivity index (χ4n) is 5.80. The number of likely N-dealkylation sites (tertiary alicyclic amines) is 1. The predicted octanol–water partition coefficient (Wildman–Crippen LogP) is 5.06. The molecule has 3 heterocycles. The standard InChI is InChI=1S/C31H40BN3O5/c1-19(21-8-12-25(37-7)13-9-21)34-17-22(14-28(34)36)20(2)38-27-16-23(32-39-30(3,4)31(5,6)40-32)15-26-29(27)35(18-33-26)24-10-11-24/h8-9,12-13,15-16,18-20,22,24H,10-11,14,17H2,1-7H3/t19-,20-,22-/m1/s1. The Labute approximate surface area is 237 Å². The average Bonchev–Trinajstić information content (AvgIpc) is 3.47. The number of hydrogen-bond donors (Lipinski definition) is 0. The van der Waals surface area contributed by atoms with E-state index in [4.69, 9.17) is 23.8 Å². The van der Waals surface area contributed by atoms with Gasteiger partial charge in [0.15, 0.2) is 0 Å². The molecule has 2 aliphatic heterocycles. The van der Waals surface area contributed by atoms with E-state index in [1.54, 1.807) is 7.11 Å². The molecule has 40 heavy (non-hydrogen) atoms. The highest BCUT2D eigenvalue weighted by Crippen LogP contribution is 2.41. The van der Waals surface area contributed by atoms with Crippen LogP contribution < -0.4 is 14.9 Å². The number of amides is 1. The molecule has 3 aliphatic rings. The van der Waals surface area contributed by atoms with Crippen molar-refractivity contribution in [2.24, 2.45) is 5.92 Å². The number of benzene rings is 2. The Kier molecular flexibility index (Phi) is 6.66. The number of carbonyl (C=O) groups excluding carboxylic acids is 1. The summed E-state index contributed by atoms with van der Waals surface area (Å²) in [5, 5.41) is 0. The maximum atomic E-state index is 13.2. The molecule has 6 rings (SSSR count). The Bertz CT molecular complexity index is 1400. The van der Waals surface area contributed by atoms with E-state index in [1.807, 2.05) is 35.5 Å². The van der Waals surface area contributed by atoms with E-state index >= 15 is 0 Å². The molecule has 0 unspecified atom stereocenters. The number of fused-ring (bicyclic) bond motifs is 1. The molecule has 8 nitrogen and oxygen atoms in total. The largest absolute Gasteiger partial charge is 0.497 e. The summed E-state index contributed by atoms with van der Waals surface area (Å²) in [6, 6.07) is 12.5. The summed E-state index contributed by atoms with van der Waals surface area (Å²) in [6.45, 7) is 13.0. The Morgan fingerprint density at radius 1 is 1.05 bits per heavy atom. The Morgan fingerprint density at radius 2 is 1.73 bits per heavy atom. The maximum Gasteiger partial charge on any atom is 0.495 e. The molecule has 9 heteroatoms. The van der Waals surface area contributed by atoms with Crippen LogP contribution in [0.4, 0.5) is 0 Å². The van der Waals surface area contributed by atoms with Gasteiger partial charge in [-0.3, -0.25) is 4.79 Å². The first-order valence-corrected chi connectivity index (χ1v) is 14.4. The number of methoxy groups -OCH3 is 1. The van der Waals surface area contributed by atoms with Gasteiger partial charge in [0.1, 0.15) is 23.1 Å². The number of hydrogen-bond acceptors (Lipinski definition) is 6. The van der Waals surface area contributed by atoms with Crippen LogP contribution >= 0.6 is 0 Å². The molecule has 1 amide bonds. The SMILES string of the molecule is COc1ccc([C@@H](C)N2C[C@H]([C@@H](C)Oc3cc(B4OC(C)(C)C(C)(C)O4)cc4ncn(C5CC5)c34)CC2=O)cc1. The average molecular weight is 545 g/mol. The molecule has 1 aromatic heterocycles. The van der Waals surface area contributed by atoms with Crippen molar-refractivity contribution in [3.8, 4) is 11.5 Å². The molecule has 1 aliphatic carbocycles. The smallest absolute Gasteiger partial charge is 0.495 e. The van der Waals surface area contributed by atoms with Crippen LogP contribution in [0.5, 0.6) is 11.5 Å². The van der Waals surface area contributed by atoms with Crippen molar-refractivity contribution in [1.82, 2.24) is 14.5 Å². The van der Waals surface area contributed by atoms with Gasteiger partial charge < -0.3 is 28.2 Å². The van der Waals surface area contributed by atoms with Crippen molar-refractivity contribution < 1.29 is 23.6 Å². The third-order valence-electron chi connectivity index (χ3n) is 9.35. The topological polar surface area (TPSA) is 75.1 Å². The summed E-state index contributed by atoms with van der Waals surface area (Å²) in [5.74, 6) is 1.81. The van der Waals surface area contributed by atoms with Gasteiger partial charge in [0.25, 0.3) is 0 Å². The van der Waals surface area contributed by atoms with Gasteiger partial charge in [-0.25, -0.2) is 4.98 Å². The van der Waals surface area contributed by atoms with Gasteiger partial charge in [-0.05, 0) is 89.7 Å². The van der Waals surface area contributed by atoms with Crippen LogP contribution in [0, 0.1) is 5.92 Å². The Morgan fingerprint density at radius 3 is 2.35 bits per heavy atom. The third kappa shape index (κ3) is 4.77. The molecule has 2 saturated heterocycles. The van der Waals surface area contributed by atoms with E-state index in [2.05, 4.69) is 58.2 Å². The minimum atomic E-state index is -0.507. The molecule has 0 bridgehead atoms. The lowest BCUT2D eigenvalue weighted by Crippen LogP contribution is -2.41. The molecule has 3 fully saturated rings. The number of imidazole rings is 1. The van der Waals surface area contributed by atoms with Crippen molar-refractivity contribution in [3.05, 3.63) is 48.3 Å². The van der Waals surface area contributed by atoms with Crippen LogP contribution in [-0.2, 0) is 14.1 Å². The van der Waals surface area contributed by atoms with E-state index in [0.29, 0.717) is 19.0 Å². The molecule has 0 spiro atoms. The summed E-state index contributed by atoms with van der Waals surface area (Å²) >= 11 is 0. The zero-order valence-electron chi connectivity index (χ0n) is 24.6. The van der Waals surface area contributed by atoms with Crippen LogP contribution in [-0.4, -0.2) is 58.4 Å². The van der Waals surface area contributed by atoms with Crippen LogP contribution in [0.2, 0.25) is 0 Å². The molecule has 3 aromatic rings. The number of carbonyl (C=O) groups is 1. The molecule has 0 N–H and O–H groups in total. The first-order valence-electron chi connectivity index (χ1n) is 14.4. The van der Waals surface area contributed by atoms with Crippen LogP contribution in [0.3, 0.4) is 0 Å². The molecular weight excluding hydrogens is 505 g/mol. The molecule has 3 atom stereocenters. The van der Waals surface area contributed by atoms with Gasteiger partial charge in [-0.2, -0.15) is 0 Å². The van der Waals surface area contributed by atoms with E-state index in [1.165, 1.54) is 0 Å². The second kappa shape index (κ2) is 9.81. The van der Waals surface area contributed by atoms with E-state index in [0.717, 1.165) is 46.4 Å². The third-order valence-corrected chi connectivity index (χ3v) is 9.35. The number of aromatic nitrogens is 2. The highest BCUT2D eigenvalue weighted by molar-refractivity contribution is 6.62. The minimum absolute atomic E-state index is 0.0229. The molecule has 1 saturated carbocycles. The lowest BCUT2D eigenvalue weighted by atomic mass is 9.78. The second-order valence-corrected chi connectivity index (χ2v) is 12.6. The van der Waals surface area contributed by atoms with Crippen molar-refractivity contribution in [3.63, 3.8) is 0 Å². The summed E-state index contributed by atoms with van der Waals surface area (Å²) in [4.78, 5) is 19.9. The fourth-order valence-corrected chi connectivity index (χ4v) is 5.80. The Balaban J connectivity index is 1.25. The summed E-state index contributed by atoms with van der Waals surface area (Å²) in [6.07, 6.45) is 4.51. The molecule has 0 radical (unpaired) electrons. The van der Waals surface area contributed by atoms with Gasteiger partial charge in [-0.15, -0.1) is 0 Å². The van der Waals surface area contributed by atoms with Crippen LogP contribution in [0.15, 0.2) is 42.7 Å². The van der Waals surface area contributed by atoms with Gasteiger partial charge in [0.05, 0.1) is 36.2 Å². The van der Waals surface area contributed by atoms with Crippen LogP contribution in [0.1, 0.15) is 78.5 Å². The van der Waals surface area contributed by atoms with Crippen LogP contribution in [0.25, 0.3) is 11.0 Å². The minimum Gasteiger partial charge on any atom is -0.497 e. The van der Waals surface area contributed by atoms with Crippen molar-refractivity contribution >= 4 is 29.5 Å². The molecule has 2 aromatic carbocycles. The first kappa shape index (κ1) is 27.2. The number of rotatable bonds is 8. The van der Waals surface area contributed by atoms with E-state index in [9.17, 15) is 4.79 Å². The summed E-state index contributed by atoms with van der Waals surface area (Å²) in [7, 11) is 1.15. The monoisotopic (exact) mass is 545 g/mol. The zero-order chi connectivity index (χ0) is 28.4. The number of nitrogens with zero attached hydrogens (tertiary/aromatic N) is 3. The normalized spacial score (nSPS) is 23.6. The van der Waals surface area contributed by atoms with E-state index in [-0.39, 0.29) is 24.0 Å². The predicted molar refractivity (Wildman–Crippen MR) is 155 cm³/mol. The summed E-state index contributed by atoms with van der Waals surface area (Å²) < 4.78 is 27.0. The number of ether oxygens (including phenoxy) is 2. The van der Waals surface area contributed by atoms with Gasteiger partial charge >= 0.3 is 7.12 Å². The maximum absolute atomic E-state index is 13.2. The first-order chi connectivity index (χ1) is 19.0. The quantitative estimate of drug-likeness (QED) is 0.369. The Hall–Kier alpha value is -3.04. The fraction of sp³-hybridized carbons (Fsp3) is 0.548. The van der Waals surface area contributed by atoms with Crippen molar-refractivity contribution in [1.29, 1.82) is 0 Å². The van der Waals surface area contributed by atoms with Crippen molar-refractivity contribution in [2.45, 2.75) is 90.2 Å². The highest BCUT2D eigenvalue weighted by atomic mass is 16.7. The lowest BCUT2D eigenvalue weighted by Gasteiger charge is -2.32. The molecular formula is C31H40BN3O5. The van der Waals surface area contributed by atoms with E-state index < -0.39 is 18.3 Å². The lowest BCUT2D eigenvalue weighted by molar-refractivity contribution is -0.129. The van der Waals surface area contributed by atoms with Crippen molar-refractivity contribution in [2.75, 3.05) is 13.7 Å². The second-order valence-electron chi connectivity index (χ2n) is 12.6. The van der Waals surface area contributed by atoms with Gasteiger partial charge in [0.2, 0.25) is 5.91 Å². The van der Waals surface area contributed by atoms with Gasteiger partial charge in [-0.1, -0.05) is 12.1 Å². The van der Waals surface area contributed by atoms with Gasteiger partial charge in [0, 0.05) is 24.9 Å². The highest BCUT2D eigenvalue weighted by Gasteiger charge is 2.52. The zero-order valence-corrected chi connectivity index (χ0v) is 24.6. The molecule has 212 valence electrons.